The van der Waals surface area contributed by atoms with Gasteiger partial charge in [0.1, 0.15) is 5.84 Å². The number of nitrogens with two attached hydrogens (primary N) is 1. The summed E-state index contributed by atoms with van der Waals surface area (Å²) in [7, 11) is 1.53. The summed E-state index contributed by atoms with van der Waals surface area (Å²) in [5.41, 5.74) is 0. The molecule has 0 saturated heterocycles. The van der Waals surface area contributed by atoms with Gasteiger partial charge in [0, 0.05) is 13.5 Å². The first-order chi connectivity index (χ1) is 4.61. The number of nitrogens with zero attached hydrogens (tertiary/aromatic N) is 1. The van der Waals surface area contributed by atoms with Crippen molar-refractivity contribution in [3.8, 4) is 0 Å². The van der Waals surface area contributed by atoms with E-state index in [4.69, 9.17) is 5.84 Å². The van der Waals surface area contributed by atoms with Gasteiger partial charge in [-0.15, -0.1) is 0 Å². The van der Waals surface area contributed by atoms with Gasteiger partial charge in [0.2, 0.25) is 0 Å². The highest BCUT2D eigenvalue weighted by Crippen LogP contribution is 2.48. The van der Waals surface area contributed by atoms with Crippen LogP contribution >= 0.6 is 0 Å². The number of hydrazone groups is 1. The summed E-state index contributed by atoms with van der Waals surface area (Å²) in [6, 6.07) is 0. The van der Waals surface area contributed by atoms with Gasteiger partial charge in [-0.05, 0) is 0 Å². The summed E-state index contributed by atoms with van der Waals surface area (Å²) >= 11 is 0. The van der Waals surface area contributed by atoms with Gasteiger partial charge < -0.3 is 11.2 Å². The Kier molecular flexibility index (Phi) is 1.50. The Morgan fingerprint density at radius 1 is 1.80 bits per heavy atom. The van der Waals surface area contributed by atoms with Crippen LogP contribution in [0.15, 0.2) is 5.10 Å². The van der Waals surface area contributed by atoms with Crippen molar-refractivity contribution in [1.82, 2.24) is 5.32 Å². The van der Waals surface area contributed by atoms with Crippen LogP contribution in [-0.2, 0) is 0 Å². The Hall–Kier alpha value is -0.870. The third-order valence-electron chi connectivity index (χ3n) is 1.55. The number of hydrogen-bond acceptors (Lipinski definition) is 2. The summed E-state index contributed by atoms with van der Waals surface area (Å²) in [5.74, 6) is 1.67. The molecule has 0 heterocycles. The minimum Gasteiger partial charge on any atom is -0.375 e. The molecule has 0 amide bonds. The average molecular weight is 149 g/mol. The Morgan fingerprint density at radius 3 is 2.40 bits per heavy atom. The van der Waals surface area contributed by atoms with E-state index < -0.39 is 11.8 Å². The highest BCUT2D eigenvalue weighted by Gasteiger charge is 2.59. The third-order valence-corrected chi connectivity index (χ3v) is 1.55. The van der Waals surface area contributed by atoms with Gasteiger partial charge in [-0.2, -0.15) is 5.10 Å². The van der Waals surface area contributed by atoms with Crippen molar-refractivity contribution in [3.63, 3.8) is 0 Å². The molecule has 58 valence electrons. The summed E-state index contributed by atoms with van der Waals surface area (Å²) < 4.78 is 24.5. The second-order valence-corrected chi connectivity index (χ2v) is 2.28. The largest absolute Gasteiger partial charge is 0.375 e. The number of halogens is 2. The minimum absolute atomic E-state index is 0.135. The lowest BCUT2D eigenvalue weighted by molar-refractivity contribution is 0.110. The van der Waals surface area contributed by atoms with E-state index in [-0.39, 0.29) is 12.3 Å². The van der Waals surface area contributed by atoms with Crippen LogP contribution < -0.4 is 11.2 Å². The molecule has 1 aliphatic rings. The molecule has 10 heavy (non-hydrogen) atoms. The molecule has 0 aromatic rings. The molecule has 1 aliphatic carbocycles. The van der Waals surface area contributed by atoms with E-state index >= 15 is 0 Å². The van der Waals surface area contributed by atoms with E-state index in [1.807, 2.05) is 0 Å². The number of alkyl halides is 2. The maximum atomic E-state index is 12.2. The van der Waals surface area contributed by atoms with Crippen LogP contribution in [0.2, 0.25) is 0 Å². The SMILES string of the molecule is CN/C(=N\N)C1CC1(F)F. The molecule has 3 N–H and O–H groups in total. The maximum absolute atomic E-state index is 12.2. The van der Waals surface area contributed by atoms with Gasteiger partial charge in [0.05, 0.1) is 5.92 Å². The van der Waals surface area contributed by atoms with Crippen molar-refractivity contribution in [3.05, 3.63) is 0 Å². The first-order valence-electron chi connectivity index (χ1n) is 2.95. The van der Waals surface area contributed by atoms with E-state index in [1.165, 1.54) is 7.05 Å². The van der Waals surface area contributed by atoms with Crippen molar-refractivity contribution >= 4 is 5.84 Å². The molecule has 0 aromatic carbocycles. The molecule has 1 unspecified atom stereocenters. The zero-order valence-electron chi connectivity index (χ0n) is 5.56. The van der Waals surface area contributed by atoms with E-state index in [0.717, 1.165) is 0 Å². The Morgan fingerprint density at radius 2 is 2.30 bits per heavy atom. The smallest absolute Gasteiger partial charge is 0.259 e. The Balaban J connectivity index is 2.53. The van der Waals surface area contributed by atoms with Crippen molar-refractivity contribution in [2.24, 2.45) is 16.9 Å². The molecule has 1 rings (SSSR count). The minimum atomic E-state index is -2.58. The first kappa shape index (κ1) is 7.24. The van der Waals surface area contributed by atoms with Crippen molar-refractivity contribution in [1.29, 1.82) is 0 Å². The highest BCUT2D eigenvalue weighted by molar-refractivity contribution is 5.87. The van der Waals surface area contributed by atoms with Crippen LogP contribution in [0.3, 0.4) is 0 Å². The molecular formula is C5H9F2N3. The zero-order chi connectivity index (χ0) is 7.78. The first-order valence-corrected chi connectivity index (χ1v) is 2.95. The second-order valence-electron chi connectivity index (χ2n) is 2.28. The number of nitrogens with one attached hydrogen (secondary N) is 1. The fourth-order valence-corrected chi connectivity index (χ4v) is 0.839. The molecule has 0 aliphatic heterocycles. The lowest BCUT2D eigenvalue weighted by Gasteiger charge is -2.00. The van der Waals surface area contributed by atoms with Crippen LogP contribution in [0.1, 0.15) is 6.42 Å². The standard InChI is InChI=1S/C5H9F2N3/c1-9-4(10-8)3-2-5(3,6)7/h3H,2,8H2,1H3,(H,9,10). The third kappa shape index (κ3) is 1.03. The van der Waals surface area contributed by atoms with E-state index in [1.54, 1.807) is 0 Å². The summed E-state index contributed by atoms with van der Waals surface area (Å²) in [5, 5.41) is 5.70. The fraction of sp³-hybridized carbons (Fsp3) is 0.800. The van der Waals surface area contributed by atoms with Crippen LogP contribution in [0.4, 0.5) is 8.78 Å². The molecular weight excluding hydrogens is 140 g/mol. The Bertz CT molecular complexity index is 166. The predicted octanol–water partition coefficient (Wildman–Crippen LogP) is 0.133. The molecule has 5 heteroatoms. The molecule has 1 saturated carbocycles. The second kappa shape index (κ2) is 2.07. The van der Waals surface area contributed by atoms with Crippen LogP contribution in [0.5, 0.6) is 0 Å². The lowest BCUT2D eigenvalue weighted by Crippen LogP contribution is -2.24. The number of amidine groups is 1. The molecule has 0 radical (unpaired) electrons. The number of hydrogen-bond donors (Lipinski definition) is 2. The Labute approximate surface area is 57.3 Å². The van der Waals surface area contributed by atoms with Gasteiger partial charge in [-0.1, -0.05) is 0 Å². The van der Waals surface area contributed by atoms with Crippen LogP contribution in [0, 0.1) is 5.92 Å². The average Bonchev–Trinajstić information content (AvgIpc) is 2.44. The van der Waals surface area contributed by atoms with E-state index in [9.17, 15) is 8.78 Å². The lowest BCUT2D eigenvalue weighted by atomic mass is 10.4. The summed E-state index contributed by atoms with van der Waals surface area (Å²) in [6.45, 7) is 0. The molecule has 0 bridgehead atoms. The van der Waals surface area contributed by atoms with Gasteiger partial charge in [0.15, 0.2) is 0 Å². The molecule has 0 aromatic heterocycles. The van der Waals surface area contributed by atoms with E-state index in [0.29, 0.717) is 0 Å². The van der Waals surface area contributed by atoms with Gasteiger partial charge in [0.25, 0.3) is 5.92 Å². The highest BCUT2D eigenvalue weighted by atomic mass is 19.3. The summed E-state index contributed by atoms with van der Waals surface area (Å²) in [4.78, 5) is 0. The van der Waals surface area contributed by atoms with Crippen molar-refractivity contribution in [2.45, 2.75) is 12.3 Å². The molecule has 1 atom stereocenters. The monoisotopic (exact) mass is 149 g/mol. The maximum Gasteiger partial charge on any atom is 0.259 e. The zero-order valence-corrected chi connectivity index (χ0v) is 5.56. The normalized spacial score (nSPS) is 29.9. The van der Waals surface area contributed by atoms with Crippen molar-refractivity contribution in [2.75, 3.05) is 7.05 Å². The van der Waals surface area contributed by atoms with Gasteiger partial charge >= 0.3 is 0 Å². The molecule has 3 nitrogen and oxygen atoms in total. The van der Waals surface area contributed by atoms with Crippen LogP contribution in [0.25, 0.3) is 0 Å². The van der Waals surface area contributed by atoms with Crippen molar-refractivity contribution < 1.29 is 8.78 Å². The molecule has 1 fully saturated rings. The quantitative estimate of drug-likeness (QED) is 0.241. The van der Waals surface area contributed by atoms with Gasteiger partial charge in [-0.3, -0.25) is 0 Å². The fourth-order valence-electron chi connectivity index (χ4n) is 0.839. The predicted molar refractivity (Wildman–Crippen MR) is 33.7 cm³/mol. The molecule has 0 spiro atoms. The van der Waals surface area contributed by atoms with E-state index in [2.05, 4.69) is 10.4 Å². The van der Waals surface area contributed by atoms with Gasteiger partial charge in [-0.25, -0.2) is 8.78 Å². The summed E-state index contributed by atoms with van der Waals surface area (Å²) in [6.07, 6.45) is -0.135. The number of rotatable bonds is 1. The topological polar surface area (TPSA) is 50.4 Å². The van der Waals surface area contributed by atoms with Crippen LogP contribution in [-0.4, -0.2) is 18.8 Å².